The van der Waals surface area contributed by atoms with Crippen LogP contribution in [0.5, 0.6) is 5.75 Å². The predicted octanol–water partition coefficient (Wildman–Crippen LogP) is 4.02. The summed E-state index contributed by atoms with van der Waals surface area (Å²) in [6.07, 6.45) is -0.549. The number of hydrogen-bond acceptors (Lipinski definition) is 2. The second kappa shape index (κ2) is 6.44. The average Bonchev–Trinajstić information content (AvgIpc) is 2.45. The molecule has 1 N–H and O–H groups in total. The van der Waals surface area contributed by atoms with E-state index in [0.717, 1.165) is 28.1 Å². The van der Waals surface area contributed by atoms with Crippen LogP contribution in [0, 0.1) is 20.8 Å². The van der Waals surface area contributed by atoms with E-state index in [2.05, 4.69) is 5.32 Å². The van der Waals surface area contributed by atoms with Gasteiger partial charge in [-0.3, -0.25) is 4.79 Å². The number of hydrogen-bond donors (Lipinski definition) is 1. The molecule has 2 rings (SSSR count). The number of amides is 1. The third-order valence-corrected chi connectivity index (χ3v) is 3.34. The highest BCUT2D eigenvalue weighted by atomic mass is 16.5. The summed E-state index contributed by atoms with van der Waals surface area (Å²) in [5.74, 6) is 0.598. The quantitative estimate of drug-likeness (QED) is 0.920. The number of carbonyl (C=O) groups excluding carboxylic acids is 1. The van der Waals surface area contributed by atoms with E-state index in [0.29, 0.717) is 0 Å². The maximum atomic E-state index is 12.2. The van der Waals surface area contributed by atoms with Gasteiger partial charge in [-0.25, -0.2) is 0 Å². The second-order valence-corrected chi connectivity index (χ2v) is 5.38. The molecule has 0 aliphatic rings. The van der Waals surface area contributed by atoms with Crippen LogP contribution < -0.4 is 10.1 Å². The van der Waals surface area contributed by atoms with Crippen molar-refractivity contribution in [3.8, 4) is 5.75 Å². The fraction of sp³-hybridized carbons (Fsp3) is 0.278. The third-order valence-electron chi connectivity index (χ3n) is 3.34. The summed E-state index contributed by atoms with van der Waals surface area (Å²) in [7, 11) is 0. The van der Waals surface area contributed by atoms with E-state index >= 15 is 0 Å². The van der Waals surface area contributed by atoms with E-state index in [-0.39, 0.29) is 5.91 Å². The zero-order valence-electron chi connectivity index (χ0n) is 12.9. The van der Waals surface area contributed by atoms with Gasteiger partial charge in [-0.15, -0.1) is 0 Å². The monoisotopic (exact) mass is 283 g/mol. The molecule has 3 nitrogen and oxygen atoms in total. The van der Waals surface area contributed by atoms with E-state index in [1.165, 1.54) is 0 Å². The molecule has 0 saturated heterocycles. The van der Waals surface area contributed by atoms with Gasteiger partial charge in [0.25, 0.3) is 5.91 Å². The first kappa shape index (κ1) is 15.1. The van der Waals surface area contributed by atoms with Gasteiger partial charge in [0, 0.05) is 5.69 Å². The Labute approximate surface area is 126 Å². The van der Waals surface area contributed by atoms with Crippen LogP contribution in [-0.2, 0) is 4.79 Å². The van der Waals surface area contributed by atoms with E-state index < -0.39 is 6.10 Å². The maximum Gasteiger partial charge on any atom is 0.265 e. The van der Waals surface area contributed by atoms with Crippen LogP contribution >= 0.6 is 0 Å². The highest BCUT2D eigenvalue weighted by molar-refractivity contribution is 5.94. The highest BCUT2D eigenvalue weighted by Gasteiger charge is 2.15. The van der Waals surface area contributed by atoms with Crippen LogP contribution in [0.4, 0.5) is 5.69 Å². The smallest absolute Gasteiger partial charge is 0.265 e. The standard InChI is InChI=1S/C18H21NO2/c1-12-6-9-16(10-7-12)19-18(20)15(4)21-17-11-13(2)5-8-14(17)3/h5-11,15H,1-4H3,(H,19,20). The molecule has 0 aromatic heterocycles. The molecule has 0 bridgehead atoms. The van der Waals surface area contributed by atoms with Crippen molar-refractivity contribution in [2.24, 2.45) is 0 Å². The van der Waals surface area contributed by atoms with Crippen LogP contribution in [0.3, 0.4) is 0 Å². The predicted molar refractivity (Wildman–Crippen MR) is 85.8 cm³/mol. The van der Waals surface area contributed by atoms with Gasteiger partial charge in [0.2, 0.25) is 0 Å². The number of benzene rings is 2. The summed E-state index contributed by atoms with van der Waals surface area (Å²) in [6, 6.07) is 13.7. The highest BCUT2D eigenvalue weighted by Crippen LogP contribution is 2.21. The number of carbonyl (C=O) groups is 1. The minimum Gasteiger partial charge on any atom is -0.481 e. The first-order valence-electron chi connectivity index (χ1n) is 7.07. The summed E-state index contributed by atoms with van der Waals surface area (Å²) >= 11 is 0. The molecule has 2 aromatic carbocycles. The van der Waals surface area contributed by atoms with Crippen LogP contribution in [-0.4, -0.2) is 12.0 Å². The second-order valence-electron chi connectivity index (χ2n) is 5.38. The van der Waals surface area contributed by atoms with Crippen LogP contribution in [0.15, 0.2) is 42.5 Å². The summed E-state index contributed by atoms with van der Waals surface area (Å²) in [5, 5.41) is 2.86. The van der Waals surface area contributed by atoms with E-state index in [1.54, 1.807) is 6.92 Å². The number of nitrogens with one attached hydrogen (secondary N) is 1. The van der Waals surface area contributed by atoms with Crippen molar-refractivity contribution in [3.63, 3.8) is 0 Å². The zero-order chi connectivity index (χ0) is 15.4. The van der Waals surface area contributed by atoms with E-state index in [4.69, 9.17) is 4.74 Å². The molecule has 1 atom stereocenters. The normalized spacial score (nSPS) is 11.8. The molecule has 0 fully saturated rings. The minimum atomic E-state index is -0.549. The number of ether oxygens (including phenoxy) is 1. The van der Waals surface area contributed by atoms with E-state index in [9.17, 15) is 4.79 Å². The van der Waals surface area contributed by atoms with Gasteiger partial charge < -0.3 is 10.1 Å². The largest absolute Gasteiger partial charge is 0.481 e. The molecule has 2 aromatic rings. The molecular weight excluding hydrogens is 262 g/mol. The molecule has 0 aliphatic carbocycles. The van der Waals surface area contributed by atoms with Crippen molar-refractivity contribution in [2.75, 3.05) is 5.32 Å². The Bertz CT molecular complexity index is 632. The Morgan fingerprint density at radius 1 is 1.00 bits per heavy atom. The summed E-state index contributed by atoms with van der Waals surface area (Å²) in [5.41, 5.74) is 4.08. The van der Waals surface area contributed by atoms with Crippen molar-refractivity contribution >= 4 is 11.6 Å². The van der Waals surface area contributed by atoms with Crippen LogP contribution in [0.25, 0.3) is 0 Å². The van der Waals surface area contributed by atoms with Crippen molar-refractivity contribution in [3.05, 3.63) is 59.2 Å². The zero-order valence-corrected chi connectivity index (χ0v) is 12.9. The van der Waals surface area contributed by atoms with Gasteiger partial charge in [-0.2, -0.15) is 0 Å². The molecule has 0 saturated carbocycles. The SMILES string of the molecule is Cc1ccc(NC(=O)C(C)Oc2cc(C)ccc2C)cc1. The maximum absolute atomic E-state index is 12.2. The molecule has 21 heavy (non-hydrogen) atoms. The molecule has 3 heteroatoms. The lowest BCUT2D eigenvalue weighted by Gasteiger charge is -2.16. The lowest BCUT2D eigenvalue weighted by atomic mass is 10.1. The van der Waals surface area contributed by atoms with Gasteiger partial charge >= 0.3 is 0 Å². The van der Waals surface area contributed by atoms with Crippen molar-refractivity contribution < 1.29 is 9.53 Å². The van der Waals surface area contributed by atoms with Gasteiger partial charge in [-0.1, -0.05) is 29.8 Å². The first-order chi connectivity index (χ1) is 9.95. The summed E-state index contributed by atoms with van der Waals surface area (Å²) in [4.78, 5) is 12.2. The Morgan fingerprint density at radius 2 is 1.62 bits per heavy atom. The lowest BCUT2D eigenvalue weighted by Crippen LogP contribution is -2.30. The fourth-order valence-electron chi connectivity index (χ4n) is 1.96. The first-order valence-corrected chi connectivity index (χ1v) is 7.07. The lowest BCUT2D eigenvalue weighted by molar-refractivity contribution is -0.122. The molecule has 1 amide bonds. The van der Waals surface area contributed by atoms with Gasteiger partial charge in [0.05, 0.1) is 0 Å². The molecule has 0 aliphatic heterocycles. The average molecular weight is 283 g/mol. The summed E-state index contributed by atoms with van der Waals surface area (Å²) in [6.45, 7) is 7.74. The van der Waals surface area contributed by atoms with Crippen molar-refractivity contribution in [2.45, 2.75) is 33.8 Å². The number of anilines is 1. The van der Waals surface area contributed by atoms with Crippen LogP contribution in [0.2, 0.25) is 0 Å². The summed E-state index contributed by atoms with van der Waals surface area (Å²) < 4.78 is 5.77. The Morgan fingerprint density at radius 3 is 2.29 bits per heavy atom. The third kappa shape index (κ3) is 4.09. The van der Waals surface area contributed by atoms with Crippen LogP contribution in [0.1, 0.15) is 23.6 Å². The minimum absolute atomic E-state index is 0.153. The fourth-order valence-corrected chi connectivity index (χ4v) is 1.96. The molecular formula is C18H21NO2. The van der Waals surface area contributed by atoms with E-state index in [1.807, 2.05) is 63.2 Å². The topological polar surface area (TPSA) is 38.3 Å². The Balaban J connectivity index is 2.02. The number of aryl methyl sites for hydroxylation is 3. The molecule has 0 radical (unpaired) electrons. The molecule has 0 heterocycles. The molecule has 1 unspecified atom stereocenters. The van der Waals surface area contributed by atoms with Crippen molar-refractivity contribution in [1.29, 1.82) is 0 Å². The molecule has 110 valence electrons. The Kier molecular flexibility index (Phi) is 4.63. The van der Waals surface area contributed by atoms with Gasteiger partial charge in [0.15, 0.2) is 6.10 Å². The van der Waals surface area contributed by atoms with Crippen molar-refractivity contribution in [1.82, 2.24) is 0 Å². The van der Waals surface area contributed by atoms with Gasteiger partial charge in [-0.05, 0) is 57.0 Å². The number of rotatable bonds is 4. The Hall–Kier alpha value is -2.29. The van der Waals surface area contributed by atoms with Gasteiger partial charge in [0.1, 0.15) is 5.75 Å². The molecule has 0 spiro atoms.